The lowest BCUT2D eigenvalue weighted by molar-refractivity contribution is -0.122. The van der Waals surface area contributed by atoms with Crippen LogP contribution in [0, 0.1) is 11.3 Å². The highest BCUT2D eigenvalue weighted by molar-refractivity contribution is 6.32. The molecule has 0 radical (unpaired) electrons. The zero-order valence-electron chi connectivity index (χ0n) is 13.0. The molecule has 25 heavy (non-hydrogen) atoms. The van der Waals surface area contributed by atoms with Crippen LogP contribution in [-0.2, 0) is 4.79 Å². The van der Waals surface area contributed by atoms with Crippen molar-refractivity contribution in [3.05, 3.63) is 53.1 Å². The Balaban J connectivity index is 2.01. The monoisotopic (exact) mass is 366 g/mol. The van der Waals surface area contributed by atoms with E-state index in [1.54, 1.807) is 18.2 Å². The van der Waals surface area contributed by atoms with Gasteiger partial charge in [0.1, 0.15) is 11.5 Å². The van der Waals surface area contributed by atoms with Gasteiger partial charge in [-0.05, 0) is 43.3 Å². The van der Waals surface area contributed by atoms with Crippen molar-refractivity contribution in [3.8, 4) is 17.6 Å². The summed E-state index contributed by atoms with van der Waals surface area (Å²) >= 11 is 5.83. The van der Waals surface area contributed by atoms with Gasteiger partial charge < -0.3 is 14.8 Å². The number of hydrogen-bond donors (Lipinski definition) is 1. The highest BCUT2D eigenvalue weighted by Gasteiger charge is 2.16. The predicted octanol–water partition coefficient (Wildman–Crippen LogP) is 4.22. The average Bonchev–Trinajstić information content (AvgIpc) is 2.57. The molecular formula is C17H13ClF2N2O3. The van der Waals surface area contributed by atoms with Crippen LogP contribution >= 0.6 is 11.6 Å². The second kappa shape index (κ2) is 8.31. The van der Waals surface area contributed by atoms with Crippen LogP contribution in [0.15, 0.2) is 42.5 Å². The number of ether oxygens (including phenoxy) is 2. The number of amides is 1. The van der Waals surface area contributed by atoms with E-state index in [1.165, 1.54) is 31.2 Å². The largest absolute Gasteiger partial charge is 0.481 e. The van der Waals surface area contributed by atoms with Crippen LogP contribution < -0.4 is 14.8 Å². The molecule has 0 aliphatic carbocycles. The Bertz CT molecular complexity index is 809. The SMILES string of the molecule is CC(Oc1cccc(C#N)c1)C(=O)Nc1ccc(OC(F)F)c(Cl)c1. The van der Waals surface area contributed by atoms with Crippen molar-refractivity contribution in [2.75, 3.05) is 5.32 Å². The van der Waals surface area contributed by atoms with Crippen molar-refractivity contribution in [2.24, 2.45) is 0 Å². The molecule has 0 spiro atoms. The highest BCUT2D eigenvalue weighted by Crippen LogP contribution is 2.29. The summed E-state index contributed by atoms with van der Waals surface area (Å²) in [5.41, 5.74) is 0.712. The number of halogens is 3. The molecule has 0 saturated heterocycles. The standard InChI is InChI=1S/C17H13ClF2N2O3/c1-10(24-13-4-2-3-11(7-13)9-21)16(23)22-12-5-6-15(14(18)8-12)25-17(19)20/h2-8,10,17H,1H3,(H,22,23). The molecule has 130 valence electrons. The second-order valence-corrected chi connectivity index (χ2v) is 5.32. The number of carbonyl (C=O) groups excluding carboxylic acids is 1. The summed E-state index contributed by atoms with van der Waals surface area (Å²) < 4.78 is 34.1. The molecule has 0 bridgehead atoms. The van der Waals surface area contributed by atoms with Crippen LogP contribution in [0.25, 0.3) is 0 Å². The van der Waals surface area contributed by atoms with E-state index < -0.39 is 18.6 Å². The van der Waals surface area contributed by atoms with Crippen LogP contribution in [0.1, 0.15) is 12.5 Å². The summed E-state index contributed by atoms with van der Waals surface area (Å²) in [7, 11) is 0. The number of anilines is 1. The molecule has 5 nitrogen and oxygen atoms in total. The zero-order valence-corrected chi connectivity index (χ0v) is 13.8. The van der Waals surface area contributed by atoms with Gasteiger partial charge >= 0.3 is 6.61 Å². The first-order valence-corrected chi connectivity index (χ1v) is 7.49. The Morgan fingerprint density at radius 3 is 2.64 bits per heavy atom. The molecule has 1 N–H and O–H groups in total. The molecule has 8 heteroatoms. The first kappa shape index (κ1) is 18.5. The highest BCUT2D eigenvalue weighted by atomic mass is 35.5. The number of rotatable bonds is 6. The van der Waals surface area contributed by atoms with Crippen molar-refractivity contribution in [1.29, 1.82) is 5.26 Å². The lowest BCUT2D eigenvalue weighted by Crippen LogP contribution is -2.30. The third kappa shape index (κ3) is 5.33. The minimum absolute atomic E-state index is 0.0617. The number of nitriles is 1. The number of carbonyl (C=O) groups is 1. The fourth-order valence-electron chi connectivity index (χ4n) is 1.91. The number of hydrogen-bond acceptors (Lipinski definition) is 4. The lowest BCUT2D eigenvalue weighted by Gasteiger charge is -2.15. The van der Waals surface area contributed by atoms with E-state index in [2.05, 4.69) is 10.1 Å². The third-order valence-corrected chi connectivity index (χ3v) is 3.36. The molecule has 0 aliphatic heterocycles. The lowest BCUT2D eigenvalue weighted by atomic mass is 10.2. The molecule has 0 fully saturated rings. The van der Waals surface area contributed by atoms with Gasteiger partial charge in [-0.2, -0.15) is 14.0 Å². The Labute approximate surface area is 147 Å². The van der Waals surface area contributed by atoms with Gasteiger partial charge in [-0.25, -0.2) is 0 Å². The van der Waals surface area contributed by atoms with Crippen LogP contribution in [0.4, 0.5) is 14.5 Å². The number of alkyl halides is 2. The van der Waals surface area contributed by atoms with Gasteiger partial charge in [-0.1, -0.05) is 17.7 Å². The van der Waals surface area contributed by atoms with E-state index in [9.17, 15) is 13.6 Å². The molecular weight excluding hydrogens is 354 g/mol. The van der Waals surface area contributed by atoms with Crippen molar-refractivity contribution in [1.82, 2.24) is 0 Å². The number of benzene rings is 2. The van der Waals surface area contributed by atoms with Gasteiger partial charge in [0.05, 0.1) is 16.7 Å². The Morgan fingerprint density at radius 1 is 1.24 bits per heavy atom. The van der Waals surface area contributed by atoms with Crippen LogP contribution in [0.3, 0.4) is 0 Å². The maximum absolute atomic E-state index is 12.2. The summed E-state index contributed by atoms with van der Waals surface area (Å²) in [6.45, 7) is -1.46. The summed E-state index contributed by atoms with van der Waals surface area (Å²) in [5.74, 6) is -0.284. The van der Waals surface area contributed by atoms with E-state index in [4.69, 9.17) is 21.6 Å². The molecule has 0 saturated carbocycles. The van der Waals surface area contributed by atoms with Gasteiger partial charge in [0, 0.05) is 5.69 Å². The van der Waals surface area contributed by atoms with Gasteiger partial charge in [-0.3, -0.25) is 4.79 Å². The molecule has 1 unspecified atom stereocenters. The number of nitrogens with zero attached hydrogens (tertiary/aromatic N) is 1. The quantitative estimate of drug-likeness (QED) is 0.830. The molecule has 2 aromatic carbocycles. The maximum Gasteiger partial charge on any atom is 0.387 e. The van der Waals surface area contributed by atoms with Gasteiger partial charge in [0.25, 0.3) is 5.91 Å². The third-order valence-electron chi connectivity index (χ3n) is 3.06. The first-order valence-electron chi connectivity index (χ1n) is 7.11. The van der Waals surface area contributed by atoms with Crippen molar-refractivity contribution in [3.63, 3.8) is 0 Å². The van der Waals surface area contributed by atoms with E-state index >= 15 is 0 Å². The normalized spacial score (nSPS) is 11.5. The summed E-state index contributed by atoms with van der Waals surface area (Å²) in [6, 6.07) is 12.3. The van der Waals surface area contributed by atoms with E-state index in [0.29, 0.717) is 17.0 Å². The average molecular weight is 367 g/mol. The summed E-state index contributed by atoms with van der Waals surface area (Å²) in [5, 5.41) is 11.3. The summed E-state index contributed by atoms with van der Waals surface area (Å²) in [4.78, 5) is 12.1. The Hall–Kier alpha value is -2.85. The second-order valence-electron chi connectivity index (χ2n) is 4.91. The van der Waals surface area contributed by atoms with Crippen molar-refractivity contribution >= 4 is 23.2 Å². The molecule has 0 heterocycles. The zero-order chi connectivity index (χ0) is 18.4. The summed E-state index contributed by atoms with van der Waals surface area (Å²) in [6.07, 6.45) is -0.857. The molecule has 2 aromatic rings. The molecule has 1 amide bonds. The van der Waals surface area contributed by atoms with Gasteiger partial charge in [0.15, 0.2) is 6.10 Å². The van der Waals surface area contributed by atoms with Crippen molar-refractivity contribution < 1.29 is 23.0 Å². The van der Waals surface area contributed by atoms with E-state index in [0.717, 1.165) is 0 Å². The van der Waals surface area contributed by atoms with E-state index in [1.807, 2.05) is 6.07 Å². The minimum atomic E-state index is -2.99. The first-order chi connectivity index (χ1) is 11.9. The number of nitrogens with one attached hydrogen (secondary N) is 1. The molecule has 2 rings (SSSR count). The topological polar surface area (TPSA) is 71.3 Å². The van der Waals surface area contributed by atoms with Gasteiger partial charge in [0.2, 0.25) is 0 Å². The molecule has 1 atom stereocenters. The Morgan fingerprint density at radius 2 is 2.00 bits per heavy atom. The molecule has 0 aliphatic rings. The van der Waals surface area contributed by atoms with Crippen molar-refractivity contribution in [2.45, 2.75) is 19.6 Å². The molecule has 0 aromatic heterocycles. The van der Waals surface area contributed by atoms with Crippen LogP contribution in [-0.4, -0.2) is 18.6 Å². The fourth-order valence-corrected chi connectivity index (χ4v) is 2.14. The minimum Gasteiger partial charge on any atom is -0.481 e. The maximum atomic E-state index is 12.2. The van der Waals surface area contributed by atoms with E-state index in [-0.39, 0.29) is 10.8 Å². The van der Waals surface area contributed by atoms with Crippen LogP contribution in [0.5, 0.6) is 11.5 Å². The fraction of sp³-hybridized carbons (Fsp3) is 0.176. The van der Waals surface area contributed by atoms with Crippen LogP contribution in [0.2, 0.25) is 5.02 Å². The smallest absolute Gasteiger partial charge is 0.387 e. The van der Waals surface area contributed by atoms with Gasteiger partial charge in [-0.15, -0.1) is 0 Å². The Kier molecular flexibility index (Phi) is 6.14. The predicted molar refractivity (Wildman–Crippen MR) is 88.0 cm³/mol.